The Morgan fingerprint density at radius 2 is 1.74 bits per heavy atom. The van der Waals surface area contributed by atoms with Gasteiger partial charge in [0.15, 0.2) is 0 Å². The van der Waals surface area contributed by atoms with Crippen molar-refractivity contribution in [3.63, 3.8) is 0 Å². The molecule has 0 bridgehead atoms. The maximum Gasteiger partial charge on any atom is 0.246 e. The summed E-state index contributed by atoms with van der Waals surface area (Å²) in [5.41, 5.74) is 0.969. The number of hydrogen-bond acceptors (Lipinski definition) is 6. The number of hydrogen-bond donors (Lipinski definition) is 3. The zero-order chi connectivity index (χ0) is 25.9. The summed E-state index contributed by atoms with van der Waals surface area (Å²) < 4.78 is 5.78. The molecule has 3 N–H and O–H groups in total. The summed E-state index contributed by atoms with van der Waals surface area (Å²) >= 11 is 0. The van der Waals surface area contributed by atoms with Crippen molar-refractivity contribution in [2.75, 3.05) is 33.3 Å². The Labute approximate surface area is 244 Å². The second-order valence-electron chi connectivity index (χ2n) is 11.1. The molecule has 3 fully saturated rings. The van der Waals surface area contributed by atoms with Gasteiger partial charge >= 0.3 is 0 Å². The highest BCUT2D eigenvalue weighted by Crippen LogP contribution is 2.33. The van der Waals surface area contributed by atoms with Gasteiger partial charge in [0.1, 0.15) is 24.4 Å². The Hall–Kier alpha value is -2.07. The fourth-order valence-corrected chi connectivity index (χ4v) is 6.47. The topological polar surface area (TPSA) is 103 Å². The van der Waals surface area contributed by atoms with Crippen LogP contribution in [0.5, 0.6) is 5.75 Å². The number of benzene rings is 1. The van der Waals surface area contributed by atoms with Crippen molar-refractivity contribution in [3.05, 3.63) is 29.8 Å². The van der Waals surface area contributed by atoms with E-state index in [1.165, 1.54) is 0 Å². The van der Waals surface area contributed by atoms with Gasteiger partial charge in [0, 0.05) is 24.7 Å². The van der Waals surface area contributed by atoms with Crippen LogP contribution in [0.4, 0.5) is 0 Å². The standard InChI is InChI=1S/C28H41N5O4.2ClH/c1-18(29-2)26(34)31-25(19-9-4-3-5-10-19)28(36)33-15-20-11-8-14-32(20)16-23(33)27(35)30-22-17-37-24-13-7-6-12-21(22)24;;/h6-7,12-13,18-20,22-23,25,29H,3-5,8-11,14-17H2,1-2H3,(H,30,35)(H,31,34);2*1H/t18-,20+,22?,23-,25-;;/m0../s1. The Bertz CT molecular complexity index is 1010. The molecule has 3 amide bonds. The van der Waals surface area contributed by atoms with Gasteiger partial charge in [-0.15, -0.1) is 24.8 Å². The van der Waals surface area contributed by atoms with Gasteiger partial charge in [-0.3, -0.25) is 19.3 Å². The lowest BCUT2D eigenvalue weighted by Crippen LogP contribution is -2.66. The highest BCUT2D eigenvalue weighted by molar-refractivity contribution is 5.93. The summed E-state index contributed by atoms with van der Waals surface area (Å²) in [7, 11) is 1.74. The van der Waals surface area contributed by atoms with Crippen LogP contribution in [-0.4, -0.2) is 85.0 Å². The summed E-state index contributed by atoms with van der Waals surface area (Å²) in [5.74, 6) is 0.448. The summed E-state index contributed by atoms with van der Waals surface area (Å²) in [5, 5.41) is 9.23. The van der Waals surface area contributed by atoms with E-state index in [0.29, 0.717) is 19.7 Å². The Morgan fingerprint density at radius 1 is 1.00 bits per heavy atom. The first-order chi connectivity index (χ1) is 18.0. The first-order valence-corrected chi connectivity index (χ1v) is 14.0. The number of ether oxygens (including phenoxy) is 1. The van der Waals surface area contributed by atoms with Crippen LogP contribution < -0.4 is 20.7 Å². The van der Waals surface area contributed by atoms with E-state index in [9.17, 15) is 14.4 Å². The van der Waals surface area contributed by atoms with Crippen LogP contribution in [-0.2, 0) is 14.4 Å². The number of carbonyl (C=O) groups is 3. The molecule has 3 aliphatic heterocycles. The average Bonchev–Trinajstić information content (AvgIpc) is 3.57. The molecule has 1 unspecified atom stereocenters. The van der Waals surface area contributed by atoms with Crippen LogP contribution >= 0.6 is 24.8 Å². The molecule has 3 heterocycles. The van der Waals surface area contributed by atoms with E-state index in [4.69, 9.17) is 4.74 Å². The van der Waals surface area contributed by atoms with Gasteiger partial charge < -0.3 is 25.6 Å². The van der Waals surface area contributed by atoms with Crippen molar-refractivity contribution in [2.45, 2.75) is 82.1 Å². The molecule has 1 aliphatic carbocycles. The van der Waals surface area contributed by atoms with Crippen molar-refractivity contribution < 1.29 is 19.1 Å². The number of carbonyl (C=O) groups excluding carboxylic acids is 3. The lowest BCUT2D eigenvalue weighted by molar-refractivity contribution is -0.149. The van der Waals surface area contributed by atoms with E-state index in [1.807, 2.05) is 24.3 Å². The predicted molar refractivity (Wildman–Crippen MR) is 154 cm³/mol. The minimum atomic E-state index is -0.609. The molecule has 9 nitrogen and oxygen atoms in total. The molecule has 0 radical (unpaired) electrons. The first-order valence-electron chi connectivity index (χ1n) is 14.0. The number of fused-ring (bicyclic) bond motifs is 2. The number of likely N-dealkylation sites (N-methyl/N-ethyl adjacent to an activating group) is 1. The van der Waals surface area contributed by atoms with Gasteiger partial charge in [-0.1, -0.05) is 37.5 Å². The van der Waals surface area contributed by atoms with E-state index in [-0.39, 0.29) is 60.5 Å². The summed E-state index contributed by atoms with van der Waals surface area (Å²) in [6.45, 7) is 4.19. The monoisotopic (exact) mass is 583 g/mol. The molecule has 5 rings (SSSR count). The Balaban J connectivity index is 0.00000210. The molecule has 11 heteroatoms. The number of nitrogens with one attached hydrogen (secondary N) is 3. The van der Waals surface area contributed by atoms with Gasteiger partial charge in [-0.25, -0.2) is 0 Å². The van der Waals surface area contributed by atoms with Crippen LogP contribution in [0.1, 0.15) is 63.5 Å². The van der Waals surface area contributed by atoms with E-state index < -0.39 is 18.1 Å². The molecule has 0 spiro atoms. The Morgan fingerprint density at radius 3 is 2.49 bits per heavy atom. The van der Waals surface area contributed by atoms with E-state index in [1.54, 1.807) is 18.9 Å². The third-order valence-corrected chi connectivity index (χ3v) is 8.80. The van der Waals surface area contributed by atoms with Crippen LogP contribution in [0.25, 0.3) is 0 Å². The minimum Gasteiger partial charge on any atom is -0.491 e. The zero-order valence-corrected chi connectivity index (χ0v) is 24.5. The number of para-hydroxylation sites is 1. The van der Waals surface area contributed by atoms with Crippen molar-refractivity contribution >= 4 is 42.5 Å². The Kier molecular flexibility index (Phi) is 11.3. The van der Waals surface area contributed by atoms with Crippen LogP contribution in [0.3, 0.4) is 0 Å². The molecule has 1 saturated carbocycles. The van der Waals surface area contributed by atoms with Crippen molar-refractivity contribution in [2.24, 2.45) is 5.92 Å². The fraction of sp³-hybridized carbons (Fsp3) is 0.679. The van der Waals surface area contributed by atoms with Gasteiger partial charge in [-0.2, -0.15) is 0 Å². The predicted octanol–water partition coefficient (Wildman–Crippen LogP) is 2.43. The van der Waals surface area contributed by atoms with E-state index >= 15 is 0 Å². The molecular weight excluding hydrogens is 541 g/mol. The highest BCUT2D eigenvalue weighted by Gasteiger charge is 2.45. The van der Waals surface area contributed by atoms with Crippen LogP contribution in [0, 0.1) is 5.92 Å². The fourth-order valence-electron chi connectivity index (χ4n) is 6.47. The largest absolute Gasteiger partial charge is 0.491 e. The number of nitrogens with zero attached hydrogens (tertiary/aromatic N) is 2. The van der Waals surface area contributed by atoms with Gasteiger partial charge in [0.2, 0.25) is 17.7 Å². The third kappa shape index (κ3) is 6.81. The quantitative estimate of drug-likeness (QED) is 0.455. The normalized spacial score (nSPS) is 26.1. The second-order valence-corrected chi connectivity index (χ2v) is 11.1. The summed E-state index contributed by atoms with van der Waals surface area (Å²) in [4.78, 5) is 45.1. The van der Waals surface area contributed by atoms with Crippen LogP contribution in [0.2, 0.25) is 0 Å². The molecule has 1 aromatic carbocycles. The molecule has 2 saturated heterocycles. The molecule has 218 valence electrons. The molecule has 39 heavy (non-hydrogen) atoms. The van der Waals surface area contributed by atoms with Gasteiger partial charge in [0.05, 0.1) is 12.1 Å². The summed E-state index contributed by atoms with van der Waals surface area (Å²) in [6, 6.07) is 6.19. The molecule has 1 aromatic rings. The van der Waals surface area contributed by atoms with Gasteiger partial charge in [-0.05, 0) is 58.2 Å². The lowest BCUT2D eigenvalue weighted by Gasteiger charge is -2.45. The number of halogens is 2. The molecule has 5 atom stereocenters. The molecule has 4 aliphatic rings. The zero-order valence-electron chi connectivity index (χ0n) is 22.9. The molecular formula is C28H43Cl2N5O4. The number of amides is 3. The van der Waals surface area contributed by atoms with Gasteiger partial charge in [0.25, 0.3) is 0 Å². The molecule has 0 aromatic heterocycles. The third-order valence-electron chi connectivity index (χ3n) is 8.80. The van der Waals surface area contributed by atoms with E-state index in [2.05, 4.69) is 20.9 Å². The average molecular weight is 585 g/mol. The smallest absolute Gasteiger partial charge is 0.246 e. The maximum absolute atomic E-state index is 14.3. The van der Waals surface area contributed by atoms with Crippen molar-refractivity contribution in [1.29, 1.82) is 0 Å². The number of piperazine rings is 1. The first kappa shape index (κ1) is 31.5. The van der Waals surface area contributed by atoms with E-state index in [0.717, 1.165) is 62.8 Å². The second kappa shape index (κ2) is 14.0. The van der Waals surface area contributed by atoms with Crippen molar-refractivity contribution in [1.82, 2.24) is 25.8 Å². The van der Waals surface area contributed by atoms with Crippen LogP contribution in [0.15, 0.2) is 24.3 Å². The highest BCUT2D eigenvalue weighted by atomic mass is 35.5. The lowest BCUT2D eigenvalue weighted by atomic mass is 9.82. The SMILES string of the molecule is CN[C@@H](C)C(=O)N[C@H](C(=O)N1C[C@H]2CCCN2C[C@H]1C(=O)NC1COc2ccccc21)C1CCCCC1.Cl.Cl. The minimum absolute atomic E-state index is 0. The van der Waals surface area contributed by atoms with Crippen molar-refractivity contribution in [3.8, 4) is 5.75 Å². The summed E-state index contributed by atoms with van der Waals surface area (Å²) in [6.07, 6.45) is 7.23. The maximum atomic E-state index is 14.3. The number of rotatable bonds is 7.